The van der Waals surface area contributed by atoms with E-state index in [0.29, 0.717) is 22.7 Å². The van der Waals surface area contributed by atoms with Gasteiger partial charge in [-0.05, 0) is 45.0 Å². The number of thiazole rings is 2. The number of aromatic nitrogens is 4. The number of amides is 1. The number of aryl methyl sites for hydroxylation is 3. The van der Waals surface area contributed by atoms with Crippen molar-refractivity contribution in [3.63, 3.8) is 0 Å². The highest BCUT2D eigenvalue weighted by Crippen LogP contribution is 2.34. The molecule has 1 amide bonds. The maximum Gasteiger partial charge on any atom is 0.262 e. The van der Waals surface area contributed by atoms with Crippen LogP contribution in [0.2, 0.25) is 0 Å². The lowest BCUT2D eigenvalue weighted by Gasteiger charge is -2.11. The van der Waals surface area contributed by atoms with Crippen molar-refractivity contribution < 1.29 is 4.79 Å². The van der Waals surface area contributed by atoms with Crippen LogP contribution in [0.1, 0.15) is 28.0 Å². The summed E-state index contributed by atoms with van der Waals surface area (Å²) >= 11 is 2.99. The molecule has 1 N–H and O–H groups in total. The Balaban J connectivity index is 1.57. The summed E-state index contributed by atoms with van der Waals surface area (Å²) in [6.07, 6.45) is 1.57. The molecule has 0 aliphatic heterocycles. The first-order valence-electron chi connectivity index (χ1n) is 9.43. The van der Waals surface area contributed by atoms with Gasteiger partial charge in [-0.15, -0.1) is 11.3 Å². The van der Waals surface area contributed by atoms with Gasteiger partial charge < -0.3 is 4.57 Å². The number of nitrogens with one attached hydrogen (secondary N) is 1. The Hall–Kier alpha value is -3.17. The number of nitrogens with zero attached hydrogens (tertiary/aromatic N) is 4. The Morgan fingerprint density at radius 3 is 2.73 bits per heavy atom. The largest absolute Gasteiger partial charge is 0.332 e. The zero-order chi connectivity index (χ0) is 21.0. The Kier molecular flexibility index (Phi) is 4.37. The van der Waals surface area contributed by atoms with Crippen LogP contribution in [-0.2, 0) is 6.54 Å². The van der Waals surface area contributed by atoms with E-state index in [1.165, 1.54) is 11.3 Å². The summed E-state index contributed by atoms with van der Waals surface area (Å²) in [5.41, 5.74) is 2.81. The summed E-state index contributed by atoms with van der Waals surface area (Å²) in [6.45, 7) is 6.38. The SMILES string of the molecule is CCn1cc(C(=O)Nc2nc3ccc4sc(C)nc4c3s2)c(=O)c2ccc(C)nc21. The number of hydrogen-bond acceptors (Lipinski definition) is 7. The van der Waals surface area contributed by atoms with Crippen LogP contribution in [0.5, 0.6) is 0 Å². The minimum atomic E-state index is -0.477. The van der Waals surface area contributed by atoms with E-state index in [-0.39, 0.29) is 11.0 Å². The van der Waals surface area contributed by atoms with E-state index >= 15 is 0 Å². The lowest BCUT2D eigenvalue weighted by Crippen LogP contribution is -2.24. The average molecular weight is 436 g/mol. The van der Waals surface area contributed by atoms with Crippen molar-refractivity contribution in [2.45, 2.75) is 27.3 Å². The first-order chi connectivity index (χ1) is 14.4. The van der Waals surface area contributed by atoms with Crippen LogP contribution in [0, 0.1) is 13.8 Å². The number of pyridine rings is 2. The molecule has 4 aromatic heterocycles. The molecule has 0 bridgehead atoms. The molecule has 1 aromatic carbocycles. The summed E-state index contributed by atoms with van der Waals surface area (Å²) in [7, 11) is 0. The Labute approximate surface area is 179 Å². The van der Waals surface area contributed by atoms with Crippen LogP contribution >= 0.6 is 22.7 Å². The van der Waals surface area contributed by atoms with Gasteiger partial charge in [0.05, 0.1) is 25.3 Å². The molecule has 4 heterocycles. The molecule has 0 saturated heterocycles. The van der Waals surface area contributed by atoms with E-state index in [4.69, 9.17) is 0 Å². The zero-order valence-corrected chi connectivity index (χ0v) is 18.1. The van der Waals surface area contributed by atoms with Crippen LogP contribution in [0.25, 0.3) is 31.5 Å². The lowest BCUT2D eigenvalue weighted by molar-refractivity contribution is 0.102. The van der Waals surface area contributed by atoms with Gasteiger partial charge >= 0.3 is 0 Å². The van der Waals surface area contributed by atoms with Gasteiger partial charge in [-0.25, -0.2) is 15.0 Å². The molecule has 9 heteroatoms. The van der Waals surface area contributed by atoms with Gasteiger partial charge in [0.15, 0.2) is 5.13 Å². The Morgan fingerprint density at radius 1 is 1.10 bits per heavy atom. The van der Waals surface area contributed by atoms with Gasteiger partial charge in [0.2, 0.25) is 5.43 Å². The third-order valence-corrected chi connectivity index (χ3v) is 6.82. The van der Waals surface area contributed by atoms with Gasteiger partial charge in [0.25, 0.3) is 5.91 Å². The number of hydrogen-bond donors (Lipinski definition) is 1. The predicted molar refractivity (Wildman–Crippen MR) is 122 cm³/mol. The van der Waals surface area contributed by atoms with Crippen molar-refractivity contribution >= 4 is 65.2 Å². The maximum absolute atomic E-state index is 13.0. The van der Waals surface area contributed by atoms with Crippen LogP contribution in [-0.4, -0.2) is 25.4 Å². The molecule has 0 unspecified atom stereocenters. The topological polar surface area (TPSA) is 89.8 Å². The molecule has 0 aliphatic carbocycles. The number of fused-ring (bicyclic) bond motifs is 4. The quantitative estimate of drug-likeness (QED) is 0.450. The number of carbonyl (C=O) groups is 1. The molecular weight excluding hydrogens is 418 g/mol. The summed E-state index contributed by atoms with van der Waals surface area (Å²) < 4.78 is 3.83. The summed E-state index contributed by atoms with van der Waals surface area (Å²) in [5, 5.41) is 4.65. The fourth-order valence-corrected chi connectivity index (χ4v) is 5.32. The first-order valence-corrected chi connectivity index (χ1v) is 11.1. The molecule has 0 spiro atoms. The van der Waals surface area contributed by atoms with E-state index in [2.05, 4.69) is 20.3 Å². The molecule has 5 rings (SSSR count). The Bertz CT molecular complexity index is 1530. The minimum Gasteiger partial charge on any atom is -0.332 e. The molecule has 30 heavy (non-hydrogen) atoms. The first kappa shape index (κ1) is 18.8. The number of rotatable bonds is 3. The lowest BCUT2D eigenvalue weighted by atomic mass is 10.1. The third-order valence-electron chi connectivity index (χ3n) is 4.89. The molecule has 5 aromatic rings. The van der Waals surface area contributed by atoms with Gasteiger partial charge in [0, 0.05) is 18.4 Å². The second kappa shape index (κ2) is 6.96. The molecule has 0 fully saturated rings. The maximum atomic E-state index is 13.0. The van der Waals surface area contributed by atoms with Crippen molar-refractivity contribution in [2.75, 3.05) is 5.32 Å². The van der Waals surface area contributed by atoms with Crippen molar-refractivity contribution in [2.24, 2.45) is 0 Å². The van der Waals surface area contributed by atoms with E-state index in [0.717, 1.165) is 31.1 Å². The average Bonchev–Trinajstić information content (AvgIpc) is 3.30. The van der Waals surface area contributed by atoms with Crippen molar-refractivity contribution in [3.8, 4) is 0 Å². The second-order valence-corrected chi connectivity index (χ2v) is 9.18. The molecule has 0 aliphatic rings. The number of carbonyl (C=O) groups excluding carboxylic acids is 1. The Morgan fingerprint density at radius 2 is 1.93 bits per heavy atom. The highest BCUT2D eigenvalue weighted by molar-refractivity contribution is 7.24. The summed E-state index contributed by atoms with van der Waals surface area (Å²) in [6, 6.07) is 7.42. The summed E-state index contributed by atoms with van der Waals surface area (Å²) in [5.74, 6) is -0.477. The molecule has 150 valence electrons. The molecule has 0 saturated carbocycles. The van der Waals surface area contributed by atoms with Gasteiger partial charge in [-0.2, -0.15) is 0 Å². The monoisotopic (exact) mass is 435 g/mol. The third kappa shape index (κ3) is 2.98. The van der Waals surface area contributed by atoms with Gasteiger partial charge in [-0.1, -0.05) is 11.3 Å². The molecular formula is C21H17N5O2S2. The summed E-state index contributed by atoms with van der Waals surface area (Å²) in [4.78, 5) is 39.5. The normalized spacial score (nSPS) is 11.6. The minimum absolute atomic E-state index is 0.0731. The standard InChI is InChI=1S/C21H17N5O2S2/c1-4-26-9-13(17(27)12-6-5-10(2)22-19(12)26)20(28)25-21-24-14-7-8-15-16(18(14)30-21)23-11(3)29-15/h5-9H,4H2,1-3H3,(H,24,25,28). The van der Waals surface area contributed by atoms with Crippen molar-refractivity contribution in [1.82, 2.24) is 19.5 Å². The van der Waals surface area contributed by atoms with Gasteiger partial charge in [-0.3, -0.25) is 14.9 Å². The molecule has 0 radical (unpaired) electrons. The highest BCUT2D eigenvalue weighted by Gasteiger charge is 2.18. The fraction of sp³-hybridized carbons (Fsp3) is 0.190. The zero-order valence-electron chi connectivity index (χ0n) is 16.5. The predicted octanol–water partition coefficient (Wildman–Crippen LogP) is 4.50. The van der Waals surface area contributed by atoms with Crippen LogP contribution < -0.4 is 10.7 Å². The second-order valence-electron chi connectivity index (χ2n) is 6.95. The van der Waals surface area contributed by atoms with Crippen LogP contribution in [0.3, 0.4) is 0 Å². The van der Waals surface area contributed by atoms with E-state index in [1.807, 2.05) is 37.5 Å². The molecule has 7 nitrogen and oxygen atoms in total. The van der Waals surface area contributed by atoms with E-state index in [9.17, 15) is 9.59 Å². The fourth-order valence-electron chi connectivity index (χ4n) is 3.47. The van der Waals surface area contributed by atoms with E-state index < -0.39 is 5.91 Å². The van der Waals surface area contributed by atoms with E-state index in [1.54, 1.807) is 29.7 Å². The van der Waals surface area contributed by atoms with Gasteiger partial charge in [0.1, 0.15) is 16.7 Å². The van der Waals surface area contributed by atoms with Crippen molar-refractivity contribution in [1.29, 1.82) is 0 Å². The highest BCUT2D eigenvalue weighted by atomic mass is 32.1. The van der Waals surface area contributed by atoms with Crippen LogP contribution in [0.15, 0.2) is 35.3 Å². The number of benzene rings is 1. The van der Waals surface area contributed by atoms with Crippen molar-refractivity contribution in [3.05, 3.63) is 57.0 Å². The number of anilines is 1. The molecule has 0 atom stereocenters. The van der Waals surface area contributed by atoms with Crippen LogP contribution in [0.4, 0.5) is 5.13 Å². The smallest absolute Gasteiger partial charge is 0.262 e.